The summed E-state index contributed by atoms with van der Waals surface area (Å²) in [4.78, 5) is 13.0. The van der Waals surface area contributed by atoms with E-state index in [-0.39, 0.29) is 11.9 Å². The fourth-order valence-electron chi connectivity index (χ4n) is 2.88. The number of nitrogens with one attached hydrogen (secondary N) is 1. The molecule has 0 aliphatic heterocycles. The van der Waals surface area contributed by atoms with Gasteiger partial charge in [-0.3, -0.25) is 9.36 Å². The molecule has 1 aromatic heterocycles. The number of carbonyl (C=O) groups is 1. The number of thiazole rings is 1. The van der Waals surface area contributed by atoms with Gasteiger partial charge in [0, 0.05) is 16.8 Å². The van der Waals surface area contributed by atoms with Gasteiger partial charge in [-0.15, -0.1) is 0 Å². The Bertz CT molecular complexity index is 761. The van der Waals surface area contributed by atoms with Crippen LogP contribution in [0, 0.1) is 3.95 Å². The number of nitrogen functional groups attached to an aromatic ring is 1. The number of benzene rings is 1. The average molecular weight is 368 g/mol. The molecule has 3 rings (SSSR count). The van der Waals surface area contributed by atoms with Crippen LogP contribution in [-0.2, 0) is 0 Å². The minimum atomic E-state index is -0.127. The molecule has 0 unspecified atom stereocenters. The maximum Gasteiger partial charge on any atom is 0.265 e. The zero-order valence-corrected chi connectivity index (χ0v) is 14.9. The highest BCUT2D eigenvalue weighted by Crippen LogP contribution is 2.27. The summed E-state index contributed by atoms with van der Waals surface area (Å²) < 4.78 is 2.27. The Morgan fingerprint density at radius 1 is 1.26 bits per heavy atom. The molecule has 23 heavy (non-hydrogen) atoms. The van der Waals surface area contributed by atoms with Crippen molar-refractivity contribution in [2.75, 3.05) is 5.73 Å². The first-order chi connectivity index (χ1) is 11.1. The fraction of sp³-hybridized carbons (Fsp3) is 0.375. The number of hydrogen-bond acceptors (Lipinski definition) is 4. The van der Waals surface area contributed by atoms with Gasteiger partial charge < -0.3 is 11.1 Å². The number of nitrogens with zero attached hydrogens (tertiary/aromatic N) is 1. The van der Waals surface area contributed by atoms with Crippen LogP contribution in [0.15, 0.2) is 24.3 Å². The van der Waals surface area contributed by atoms with Gasteiger partial charge in [-0.1, -0.05) is 42.2 Å². The molecule has 0 bridgehead atoms. The third kappa shape index (κ3) is 3.59. The van der Waals surface area contributed by atoms with E-state index in [2.05, 4.69) is 5.32 Å². The van der Waals surface area contributed by atoms with Crippen molar-refractivity contribution >= 4 is 46.9 Å². The van der Waals surface area contributed by atoms with Gasteiger partial charge in [-0.25, -0.2) is 0 Å². The van der Waals surface area contributed by atoms with Gasteiger partial charge in [-0.05, 0) is 49.3 Å². The number of amides is 1. The predicted molar refractivity (Wildman–Crippen MR) is 98.2 cm³/mol. The lowest BCUT2D eigenvalue weighted by molar-refractivity contribution is 0.0932. The maximum atomic E-state index is 12.5. The van der Waals surface area contributed by atoms with Gasteiger partial charge in [-0.2, -0.15) is 0 Å². The summed E-state index contributed by atoms with van der Waals surface area (Å²) in [6.45, 7) is 0. The first kappa shape index (κ1) is 16.5. The van der Waals surface area contributed by atoms with Crippen molar-refractivity contribution in [2.24, 2.45) is 0 Å². The minimum Gasteiger partial charge on any atom is -0.383 e. The first-order valence-corrected chi connectivity index (χ1v) is 9.24. The molecule has 1 amide bonds. The number of nitrogens with two attached hydrogens (primary N) is 1. The third-order valence-electron chi connectivity index (χ3n) is 4.08. The molecule has 0 atom stereocenters. The van der Waals surface area contributed by atoms with Crippen molar-refractivity contribution < 1.29 is 4.79 Å². The van der Waals surface area contributed by atoms with Gasteiger partial charge in [0.2, 0.25) is 0 Å². The molecule has 1 saturated carbocycles. The van der Waals surface area contributed by atoms with Crippen LogP contribution in [0.1, 0.15) is 41.8 Å². The highest BCUT2D eigenvalue weighted by Gasteiger charge is 2.22. The zero-order valence-electron chi connectivity index (χ0n) is 12.5. The number of halogens is 1. The second kappa shape index (κ2) is 7.03. The molecule has 1 aromatic carbocycles. The number of hydrogen-bond donors (Lipinski definition) is 2. The molecule has 122 valence electrons. The monoisotopic (exact) mass is 367 g/mol. The lowest BCUT2D eigenvalue weighted by Crippen LogP contribution is -2.36. The quantitative estimate of drug-likeness (QED) is 0.781. The van der Waals surface area contributed by atoms with Gasteiger partial charge in [0.05, 0.1) is 0 Å². The van der Waals surface area contributed by atoms with Gasteiger partial charge >= 0.3 is 0 Å². The van der Waals surface area contributed by atoms with E-state index in [0.717, 1.165) is 18.5 Å². The Morgan fingerprint density at radius 2 is 1.91 bits per heavy atom. The van der Waals surface area contributed by atoms with Crippen LogP contribution >= 0.6 is 35.2 Å². The Labute approximate surface area is 149 Å². The van der Waals surface area contributed by atoms with Gasteiger partial charge in [0.25, 0.3) is 5.91 Å². The van der Waals surface area contributed by atoms with E-state index in [9.17, 15) is 4.79 Å². The fourth-order valence-corrected chi connectivity index (χ4v) is 4.28. The summed E-state index contributed by atoms with van der Waals surface area (Å²) in [5, 5.41) is 3.73. The lowest BCUT2D eigenvalue weighted by atomic mass is 9.95. The molecular weight excluding hydrogens is 350 g/mol. The average Bonchev–Trinajstić information content (AvgIpc) is 2.84. The van der Waals surface area contributed by atoms with Gasteiger partial charge in [0.1, 0.15) is 10.7 Å². The van der Waals surface area contributed by atoms with E-state index in [1.165, 1.54) is 30.6 Å². The van der Waals surface area contributed by atoms with E-state index in [1.807, 2.05) is 12.1 Å². The van der Waals surface area contributed by atoms with Crippen LogP contribution in [0.5, 0.6) is 0 Å². The zero-order chi connectivity index (χ0) is 16.4. The normalized spacial score (nSPS) is 15.5. The molecule has 1 heterocycles. The Hall–Kier alpha value is -1.37. The van der Waals surface area contributed by atoms with E-state index >= 15 is 0 Å². The number of carbonyl (C=O) groups excluding carboxylic acids is 1. The van der Waals surface area contributed by atoms with Crippen molar-refractivity contribution in [1.82, 2.24) is 9.88 Å². The highest BCUT2D eigenvalue weighted by atomic mass is 35.5. The Morgan fingerprint density at radius 3 is 2.57 bits per heavy atom. The van der Waals surface area contributed by atoms with E-state index < -0.39 is 0 Å². The van der Waals surface area contributed by atoms with Crippen molar-refractivity contribution in [3.05, 3.63) is 38.1 Å². The predicted octanol–water partition coefficient (Wildman–Crippen LogP) is 4.57. The Kier molecular flexibility index (Phi) is 5.04. The summed E-state index contributed by atoms with van der Waals surface area (Å²) >= 11 is 12.5. The largest absolute Gasteiger partial charge is 0.383 e. The topological polar surface area (TPSA) is 60.1 Å². The van der Waals surface area contributed by atoms with Crippen LogP contribution in [0.25, 0.3) is 5.69 Å². The SMILES string of the molecule is Nc1c(C(=O)NC2CCCCC2)sc(=S)n1-c1ccc(Cl)cc1. The molecule has 1 aliphatic rings. The van der Waals surface area contributed by atoms with Crippen LogP contribution in [0.2, 0.25) is 5.02 Å². The van der Waals surface area contributed by atoms with E-state index in [4.69, 9.17) is 29.6 Å². The molecule has 7 heteroatoms. The molecular formula is C16H18ClN3OS2. The second-order valence-electron chi connectivity index (χ2n) is 5.70. The van der Waals surface area contributed by atoms with Crippen molar-refractivity contribution in [1.29, 1.82) is 0 Å². The first-order valence-electron chi connectivity index (χ1n) is 7.64. The Balaban J connectivity index is 1.86. The second-order valence-corrected chi connectivity index (χ2v) is 7.78. The molecule has 0 spiro atoms. The lowest BCUT2D eigenvalue weighted by Gasteiger charge is -2.22. The number of anilines is 1. The van der Waals surface area contributed by atoms with Crippen LogP contribution in [0.4, 0.5) is 5.82 Å². The van der Waals surface area contributed by atoms with Crippen LogP contribution in [0.3, 0.4) is 0 Å². The molecule has 2 aromatic rings. The molecule has 0 radical (unpaired) electrons. The summed E-state index contributed by atoms with van der Waals surface area (Å²) in [7, 11) is 0. The smallest absolute Gasteiger partial charge is 0.265 e. The van der Waals surface area contributed by atoms with Crippen molar-refractivity contribution in [3.63, 3.8) is 0 Å². The summed E-state index contributed by atoms with van der Waals surface area (Å²) in [6.07, 6.45) is 5.66. The summed E-state index contributed by atoms with van der Waals surface area (Å²) in [5.41, 5.74) is 7.00. The number of aromatic nitrogens is 1. The highest BCUT2D eigenvalue weighted by molar-refractivity contribution is 7.73. The van der Waals surface area contributed by atoms with Crippen molar-refractivity contribution in [2.45, 2.75) is 38.1 Å². The summed E-state index contributed by atoms with van der Waals surface area (Å²) in [5.74, 6) is 0.258. The van der Waals surface area contributed by atoms with Crippen LogP contribution in [-0.4, -0.2) is 16.5 Å². The molecule has 3 N–H and O–H groups in total. The molecule has 1 fully saturated rings. The molecule has 1 aliphatic carbocycles. The van der Waals surface area contributed by atoms with E-state index in [1.54, 1.807) is 16.7 Å². The molecule has 0 saturated heterocycles. The standard InChI is InChI=1S/C16H18ClN3OS2/c17-10-6-8-12(9-7-10)20-14(18)13(23-16(20)22)15(21)19-11-4-2-1-3-5-11/h6-9,11H,1-5,18H2,(H,19,21). The number of rotatable bonds is 3. The third-order valence-corrected chi connectivity index (χ3v) is 5.72. The minimum absolute atomic E-state index is 0.127. The van der Waals surface area contributed by atoms with Crippen LogP contribution < -0.4 is 11.1 Å². The summed E-state index contributed by atoms with van der Waals surface area (Å²) in [6, 6.07) is 7.47. The van der Waals surface area contributed by atoms with E-state index in [0.29, 0.717) is 19.7 Å². The maximum absolute atomic E-state index is 12.5. The molecule has 4 nitrogen and oxygen atoms in total. The van der Waals surface area contributed by atoms with Gasteiger partial charge in [0.15, 0.2) is 3.95 Å². The van der Waals surface area contributed by atoms with Crippen molar-refractivity contribution in [3.8, 4) is 5.69 Å².